The van der Waals surface area contributed by atoms with Crippen LogP contribution in [0.1, 0.15) is 51.3 Å². The van der Waals surface area contributed by atoms with Crippen LogP contribution < -0.4 is 10.1 Å². The molecule has 31 heavy (non-hydrogen) atoms. The van der Waals surface area contributed by atoms with Crippen LogP contribution >= 0.6 is 11.6 Å². The zero-order valence-corrected chi connectivity index (χ0v) is 19.0. The molecule has 166 valence electrons. The topological polar surface area (TPSA) is 56.2 Å². The van der Waals surface area contributed by atoms with Crippen molar-refractivity contribution in [3.05, 3.63) is 59.4 Å². The van der Waals surface area contributed by atoms with E-state index in [4.69, 9.17) is 21.3 Å². The lowest BCUT2D eigenvalue weighted by Crippen LogP contribution is -2.31. The molecule has 1 heterocycles. The number of carbonyl (C=O) groups is 1. The van der Waals surface area contributed by atoms with Gasteiger partial charge in [0.1, 0.15) is 11.6 Å². The van der Waals surface area contributed by atoms with Crippen LogP contribution in [0.5, 0.6) is 5.75 Å². The zero-order valence-electron chi connectivity index (χ0n) is 18.3. The molecule has 0 atom stereocenters. The van der Waals surface area contributed by atoms with Crippen LogP contribution in [0.4, 0.5) is 0 Å². The highest BCUT2D eigenvalue weighted by molar-refractivity contribution is 6.30. The monoisotopic (exact) mass is 441 g/mol. The Labute approximate surface area is 189 Å². The minimum atomic E-state index is -0.145. The van der Waals surface area contributed by atoms with Crippen LogP contribution in [0.3, 0.4) is 0 Å². The first-order valence-electron chi connectivity index (χ1n) is 11.3. The van der Waals surface area contributed by atoms with Crippen LogP contribution in [-0.4, -0.2) is 28.6 Å². The van der Waals surface area contributed by atoms with Gasteiger partial charge in [-0.2, -0.15) is 0 Å². The fraction of sp³-hybridized carbons (Fsp3) is 0.440. The van der Waals surface area contributed by atoms with Crippen LogP contribution in [0.25, 0.3) is 11.0 Å². The van der Waals surface area contributed by atoms with E-state index >= 15 is 0 Å². The summed E-state index contributed by atoms with van der Waals surface area (Å²) >= 11 is 5.86. The van der Waals surface area contributed by atoms with Crippen LogP contribution in [0, 0.1) is 0 Å². The number of halogens is 1. The van der Waals surface area contributed by atoms with Gasteiger partial charge in [0, 0.05) is 24.5 Å². The molecule has 2 aromatic carbocycles. The summed E-state index contributed by atoms with van der Waals surface area (Å²) in [4.78, 5) is 16.9. The van der Waals surface area contributed by atoms with Crippen LogP contribution in [-0.2, 0) is 17.8 Å². The normalized spacial score (nSPS) is 11.0. The Morgan fingerprint density at radius 1 is 1.03 bits per heavy atom. The van der Waals surface area contributed by atoms with Gasteiger partial charge >= 0.3 is 0 Å². The summed E-state index contributed by atoms with van der Waals surface area (Å²) in [6.45, 7) is 3.72. The van der Waals surface area contributed by atoms with Gasteiger partial charge in [0.25, 0.3) is 5.91 Å². The first kappa shape index (κ1) is 23.1. The van der Waals surface area contributed by atoms with Gasteiger partial charge in [-0.3, -0.25) is 4.79 Å². The zero-order chi connectivity index (χ0) is 21.9. The quantitative estimate of drug-likeness (QED) is 0.341. The summed E-state index contributed by atoms with van der Waals surface area (Å²) in [7, 11) is 0. The third kappa shape index (κ3) is 7.28. The number of unbranched alkanes of at least 4 members (excludes halogenated alkanes) is 5. The van der Waals surface area contributed by atoms with Gasteiger partial charge in [-0.25, -0.2) is 4.98 Å². The highest BCUT2D eigenvalue weighted by Crippen LogP contribution is 2.18. The van der Waals surface area contributed by atoms with E-state index in [-0.39, 0.29) is 12.5 Å². The van der Waals surface area contributed by atoms with E-state index in [1.165, 1.54) is 37.6 Å². The largest absolute Gasteiger partial charge is 0.484 e. The van der Waals surface area contributed by atoms with Crippen molar-refractivity contribution in [2.24, 2.45) is 0 Å². The molecule has 0 aliphatic rings. The molecule has 0 unspecified atom stereocenters. The molecular weight excluding hydrogens is 410 g/mol. The number of fused-ring (bicyclic) bond motifs is 1. The van der Waals surface area contributed by atoms with Crippen molar-refractivity contribution < 1.29 is 9.53 Å². The Kier molecular flexibility index (Phi) is 9.22. The van der Waals surface area contributed by atoms with Gasteiger partial charge in [-0.05, 0) is 42.8 Å². The number of hydrogen-bond acceptors (Lipinski definition) is 3. The maximum atomic E-state index is 12.1. The standard InChI is InChI=1S/C25H32ClN3O2/c1-2-3-4-5-6-9-18-29-23-11-8-7-10-22(23)28-24(29)16-17-27-25(30)19-31-21-14-12-20(26)13-15-21/h7-8,10-15H,2-6,9,16-19H2,1H3,(H,27,30). The number of carbonyl (C=O) groups excluding carboxylic acids is 1. The Bertz CT molecular complexity index is 953. The van der Waals surface area contributed by atoms with Crippen molar-refractivity contribution in [2.45, 2.75) is 58.4 Å². The predicted octanol–water partition coefficient (Wildman–Crippen LogP) is 5.79. The number of nitrogens with one attached hydrogen (secondary N) is 1. The number of aromatic nitrogens is 2. The number of hydrogen-bond donors (Lipinski definition) is 1. The fourth-order valence-electron chi connectivity index (χ4n) is 3.66. The van der Waals surface area contributed by atoms with Gasteiger partial charge in [-0.1, -0.05) is 62.8 Å². The molecule has 1 aromatic heterocycles. The highest BCUT2D eigenvalue weighted by Gasteiger charge is 2.11. The fourth-order valence-corrected chi connectivity index (χ4v) is 3.79. The van der Waals surface area contributed by atoms with E-state index < -0.39 is 0 Å². The Hall–Kier alpha value is -2.53. The average Bonchev–Trinajstić information content (AvgIpc) is 3.13. The lowest BCUT2D eigenvalue weighted by atomic mass is 10.1. The molecule has 0 saturated carbocycles. The van der Waals surface area contributed by atoms with E-state index in [1.807, 2.05) is 6.07 Å². The third-order valence-corrected chi connectivity index (χ3v) is 5.58. The molecule has 0 spiro atoms. The number of ether oxygens (including phenoxy) is 1. The van der Waals surface area contributed by atoms with Gasteiger partial charge in [0.15, 0.2) is 6.61 Å². The molecule has 3 aromatic rings. The lowest BCUT2D eigenvalue weighted by Gasteiger charge is -2.10. The van der Waals surface area contributed by atoms with Gasteiger partial charge < -0.3 is 14.6 Å². The van der Waals surface area contributed by atoms with E-state index in [9.17, 15) is 4.79 Å². The van der Waals surface area contributed by atoms with E-state index in [0.29, 0.717) is 23.7 Å². The molecule has 6 heteroatoms. The molecular formula is C25H32ClN3O2. The smallest absolute Gasteiger partial charge is 0.257 e. The van der Waals surface area contributed by atoms with Gasteiger partial charge in [0.05, 0.1) is 11.0 Å². The van der Waals surface area contributed by atoms with Crippen LogP contribution in [0.15, 0.2) is 48.5 Å². The molecule has 0 radical (unpaired) electrons. The molecule has 3 rings (SSSR count). The van der Waals surface area contributed by atoms with E-state index in [0.717, 1.165) is 24.3 Å². The summed E-state index contributed by atoms with van der Waals surface area (Å²) in [6.07, 6.45) is 8.28. The molecule has 1 amide bonds. The second-order valence-electron chi connectivity index (χ2n) is 7.78. The van der Waals surface area contributed by atoms with Crippen molar-refractivity contribution >= 4 is 28.5 Å². The van der Waals surface area contributed by atoms with Gasteiger partial charge in [-0.15, -0.1) is 0 Å². The first-order valence-corrected chi connectivity index (χ1v) is 11.6. The van der Waals surface area contributed by atoms with Crippen molar-refractivity contribution in [3.63, 3.8) is 0 Å². The highest BCUT2D eigenvalue weighted by atomic mass is 35.5. The molecule has 0 fully saturated rings. The molecule has 0 aliphatic carbocycles. The molecule has 0 saturated heterocycles. The Balaban J connectivity index is 1.49. The summed E-state index contributed by atoms with van der Waals surface area (Å²) in [6, 6.07) is 15.2. The van der Waals surface area contributed by atoms with E-state index in [2.05, 4.69) is 35.0 Å². The van der Waals surface area contributed by atoms with Gasteiger partial charge in [0.2, 0.25) is 0 Å². The third-order valence-electron chi connectivity index (χ3n) is 5.32. The van der Waals surface area contributed by atoms with Crippen molar-refractivity contribution in [2.75, 3.05) is 13.2 Å². The number of para-hydroxylation sites is 2. The number of amides is 1. The molecule has 1 N–H and O–H groups in total. The first-order chi connectivity index (χ1) is 15.2. The second-order valence-corrected chi connectivity index (χ2v) is 8.22. The van der Waals surface area contributed by atoms with Crippen molar-refractivity contribution in [1.82, 2.24) is 14.9 Å². The van der Waals surface area contributed by atoms with Crippen molar-refractivity contribution in [3.8, 4) is 5.75 Å². The van der Waals surface area contributed by atoms with E-state index in [1.54, 1.807) is 24.3 Å². The number of rotatable bonds is 13. The number of benzene rings is 2. The Morgan fingerprint density at radius 3 is 2.58 bits per heavy atom. The number of imidazole rings is 1. The summed E-state index contributed by atoms with van der Waals surface area (Å²) < 4.78 is 7.81. The molecule has 0 bridgehead atoms. The Morgan fingerprint density at radius 2 is 1.77 bits per heavy atom. The maximum absolute atomic E-state index is 12.1. The minimum absolute atomic E-state index is 0.0180. The summed E-state index contributed by atoms with van der Waals surface area (Å²) in [5.41, 5.74) is 2.18. The minimum Gasteiger partial charge on any atom is -0.484 e. The predicted molar refractivity (Wildman–Crippen MR) is 127 cm³/mol. The second kappa shape index (κ2) is 12.4. The SMILES string of the molecule is CCCCCCCCn1c(CCNC(=O)COc2ccc(Cl)cc2)nc2ccccc21. The molecule has 0 aliphatic heterocycles. The molecule has 5 nitrogen and oxygen atoms in total. The number of nitrogens with zero attached hydrogens (tertiary/aromatic N) is 2. The summed E-state index contributed by atoms with van der Waals surface area (Å²) in [5, 5.41) is 3.57. The summed E-state index contributed by atoms with van der Waals surface area (Å²) in [5.74, 6) is 1.50. The van der Waals surface area contributed by atoms with Crippen molar-refractivity contribution in [1.29, 1.82) is 0 Å². The van der Waals surface area contributed by atoms with Crippen LogP contribution in [0.2, 0.25) is 5.02 Å². The number of aryl methyl sites for hydroxylation is 1. The lowest BCUT2D eigenvalue weighted by molar-refractivity contribution is -0.123. The average molecular weight is 442 g/mol. The maximum Gasteiger partial charge on any atom is 0.257 e.